The van der Waals surface area contributed by atoms with Gasteiger partial charge in [0.05, 0.1) is 21.6 Å². The van der Waals surface area contributed by atoms with Gasteiger partial charge in [0.15, 0.2) is 17.3 Å². The van der Waals surface area contributed by atoms with Crippen molar-refractivity contribution in [2.75, 3.05) is 12.0 Å². The molecule has 0 aliphatic rings. The third kappa shape index (κ3) is 2.24. The molecule has 0 saturated carbocycles. The molecule has 0 bridgehead atoms. The number of rotatable bonds is 3. The highest BCUT2D eigenvalue weighted by Crippen LogP contribution is 2.42. The predicted octanol–water partition coefficient (Wildman–Crippen LogP) is 3.67. The second-order valence-corrected chi connectivity index (χ2v) is 6.69. The number of aromatic nitrogens is 4. The largest absolute Gasteiger partial charge is 0.476 e. The lowest BCUT2D eigenvalue weighted by Crippen LogP contribution is -2.05. The van der Waals surface area contributed by atoms with Gasteiger partial charge in [0.1, 0.15) is 5.65 Å². The van der Waals surface area contributed by atoms with Crippen molar-refractivity contribution in [1.82, 2.24) is 19.6 Å². The summed E-state index contributed by atoms with van der Waals surface area (Å²) in [6, 6.07) is 3.28. The number of nitrogens with zero attached hydrogens (tertiary/aromatic N) is 3. The van der Waals surface area contributed by atoms with E-state index in [1.807, 2.05) is 0 Å². The maximum atomic E-state index is 14.7. The number of hydrogen-bond donors (Lipinski definition) is 3. The highest BCUT2D eigenvalue weighted by atomic mass is 35.5. The van der Waals surface area contributed by atoms with Crippen LogP contribution in [-0.2, 0) is 0 Å². The summed E-state index contributed by atoms with van der Waals surface area (Å²) in [6.45, 7) is 0. The van der Waals surface area contributed by atoms with Crippen molar-refractivity contribution < 1.29 is 14.3 Å². The molecule has 1 aromatic carbocycles. The Hall–Kier alpha value is -2.78. The van der Waals surface area contributed by atoms with E-state index in [0.29, 0.717) is 32.6 Å². The number of carboxylic acids is 1. The number of fused-ring (bicyclic) bond motifs is 2. The molecule has 0 amide bonds. The van der Waals surface area contributed by atoms with E-state index in [0.717, 1.165) is 0 Å². The molecule has 0 unspecified atom stereocenters. The fraction of sp³-hybridized carbons (Fsp3) is 0.0625. The molecule has 7 nitrogen and oxygen atoms in total. The third-order valence-electron chi connectivity index (χ3n) is 4.09. The maximum absolute atomic E-state index is 14.7. The fourth-order valence-corrected chi connectivity index (χ4v) is 3.99. The molecule has 4 rings (SSSR count). The normalized spacial score (nSPS) is 11.5. The van der Waals surface area contributed by atoms with Gasteiger partial charge in [0.25, 0.3) is 0 Å². The highest BCUT2D eigenvalue weighted by Gasteiger charge is 2.22. The van der Waals surface area contributed by atoms with E-state index in [1.54, 1.807) is 24.6 Å². The van der Waals surface area contributed by atoms with Crippen molar-refractivity contribution in [1.29, 1.82) is 0 Å². The van der Waals surface area contributed by atoms with E-state index >= 15 is 0 Å². The topological polar surface area (TPSA) is 109 Å². The van der Waals surface area contributed by atoms with E-state index in [1.165, 1.54) is 22.4 Å². The van der Waals surface area contributed by atoms with Crippen molar-refractivity contribution >= 4 is 51.7 Å². The number of aromatic carboxylic acids is 1. The molecule has 4 N–H and O–H groups in total. The maximum Gasteiger partial charge on any atom is 0.356 e. The van der Waals surface area contributed by atoms with Crippen LogP contribution in [0, 0.1) is 5.82 Å². The number of H-pyrrole nitrogens is 1. The number of nitrogens with two attached hydrogens (primary N) is 1. The van der Waals surface area contributed by atoms with Gasteiger partial charge in [-0.05, 0) is 18.4 Å². The number of carboxylic acid groups (broad SMARTS) is 1. The Morgan fingerprint density at radius 2 is 2.23 bits per heavy atom. The molecule has 0 fully saturated rings. The Morgan fingerprint density at radius 3 is 2.92 bits per heavy atom. The van der Waals surface area contributed by atoms with E-state index in [-0.39, 0.29) is 16.5 Å². The average molecular weight is 392 g/mol. The van der Waals surface area contributed by atoms with Gasteiger partial charge in [-0.1, -0.05) is 11.6 Å². The summed E-state index contributed by atoms with van der Waals surface area (Å²) in [4.78, 5) is 15.9. The van der Waals surface area contributed by atoms with Crippen LogP contribution in [0.1, 0.15) is 10.5 Å². The second-order valence-electron chi connectivity index (χ2n) is 5.49. The molecule has 26 heavy (non-hydrogen) atoms. The number of hydrogen-bond acceptors (Lipinski definition) is 5. The van der Waals surface area contributed by atoms with Crippen LogP contribution in [0.3, 0.4) is 0 Å². The van der Waals surface area contributed by atoms with Crippen LogP contribution >= 0.6 is 23.4 Å². The molecule has 0 saturated heterocycles. The number of anilines is 1. The Bertz CT molecular complexity index is 1200. The summed E-state index contributed by atoms with van der Waals surface area (Å²) in [5, 5.41) is 16.7. The quantitative estimate of drug-likeness (QED) is 0.460. The first kappa shape index (κ1) is 16.7. The average Bonchev–Trinajstić information content (AvgIpc) is 3.19. The number of halogens is 2. The number of benzene rings is 1. The lowest BCUT2D eigenvalue weighted by Gasteiger charge is -2.11. The molecule has 0 atom stereocenters. The van der Waals surface area contributed by atoms with Crippen LogP contribution in [0.4, 0.5) is 10.2 Å². The summed E-state index contributed by atoms with van der Waals surface area (Å²) in [5.41, 5.74) is 7.35. The minimum atomic E-state index is -1.21. The minimum absolute atomic E-state index is 0.0624. The Balaban J connectivity index is 2.08. The smallest absolute Gasteiger partial charge is 0.356 e. The van der Waals surface area contributed by atoms with Gasteiger partial charge in [-0.15, -0.1) is 11.8 Å². The first-order valence-electron chi connectivity index (χ1n) is 7.33. The summed E-state index contributed by atoms with van der Waals surface area (Å²) in [7, 11) is 0. The van der Waals surface area contributed by atoms with Crippen LogP contribution in [-0.4, -0.2) is 36.9 Å². The van der Waals surface area contributed by atoms with Crippen molar-refractivity contribution in [3.05, 3.63) is 41.1 Å². The van der Waals surface area contributed by atoms with Gasteiger partial charge in [0.2, 0.25) is 0 Å². The number of carbonyl (C=O) groups is 1. The highest BCUT2D eigenvalue weighted by molar-refractivity contribution is 7.98. The van der Waals surface area contributed by atoms with E-state index in [9.17, 15) is 14.3 Å². The molecule has 3 heterocycles. The standard InChI is InChI=1S/C16H11ClFN5O2S/c1-26-14-11(18)10(17)9(7-4-20-22-12(7)14)6-2-3-8-21-15(19)13(16(24)25)23(8)5-6/h2-5H,19H2,1H3,(H,20,22)(H,24,25). The SMILES string of the molecule is CSc1c(F)c(Cl)c(-c2ccc3nc(N)c(C(=O)O)n3c2)c2cn[nH]c12. The molecule has 0 aliphatic carbocycles. The number of nitrogen functional groups attached to an aromatic ring is 1. The Labute approximate surface area is 155 Å². The van der Waals surface area contributed by atoms with E-state index in [2.05, 4.69) is 15.2 Å². The summed E-state index contributed by atoms with van der Waals surface area (Å²) < 4.78 is 16.1. The van der Waals surface area contributed by atoms with Gasteiger partial charge in [-0.25, -0.2) is 14.2 Å². The molecule has 0 aliphatic heterocycles. The minimum Gasteiger partial charge on any atom is -0.476 e. The van der Waals surface area contributed by atoms with Crippen molar-refractivity contribution in [2.24, 2.45) is 0 Å². The van der Waals surface area contributed by atoms with Crippen molar-refractivity contribution in [3.63, 3.8) is 0 Å². The zero-order chi connectivity index (χ0) is 18.6. The van der Waals surface area contributed by atoms with E-state index in [4.69, 9.17) is 17.3 Å². The molecular weight excluding hydrogens is 381 g/mol. The summed E-state index contributed by atoms with van der Waals surface area (Å²) >= 11 is 7.53. The Morgan fingerprint density at radius 1 is 1.46 bits per heavy atom. The van der Waals surface area contributed by atoms with Gasteiger partial charge < -0.3 is 10.8 Å². The molecule has 0 radical (unpaired) electrons. The van der Waals surface area contributed by atoms with Gasteiger partial charge in [-0.2, -0.15) is 5.10 Å². The van der Waals surface area contributed by atoms with Crippen LogP contribution in [0.5, 0.6) is 0 Å². The molecule has 3 aromatic heterocycles. The van der Waals surface area contributed by atoms with Crippen LogP contribution in [0.15, 0.2) is 29.4 Å². The number of thioether (sulfide) groups is 1. The van der Waals surface area contributed by atoms with Crippen LogP contribution < -0.4 is 5.73 Å². The Kier molecular flexibility index (Phi) is 3.78. The number of pyridine rings is 1. The molecule has 132 valence electrons. The summed E-state index contributed by atoms with van der Waals surface area (Å²) in [6.07, 6.45) is 4.82. The van der Waals surface area contributed by atoms with Crippen LogP contribution in [0.2, 0.25) is 5.02 Å². The van der Waals surface area contributed by atoms with Crippen LogP contribution in [0.25, 0.3) is 27.7 Å². The molecular formula is C16H11ClFN5O2S. The van der Waals surface area contributed by atoms with Crippen molar-refractivity contribution in [3.8, 4) is 11.1 Å². The number of nitrogens with one attached hydrogen (secondary N) is 1. The summed E-state index contributed by atoms with van der Waals surface area (Å²) in [5.74, 6) is -1.87. The monoisotopic (exact) mass is 391 g/mol. The van der Waals surface area contributed by atoms with Crippen molar-refractivity contribution in [2.45, 2.75) is 4.90 Å². The lowest BCUT2D eigenvalue weighted by molar-refractivity contribution is 0.0690. The predicted molar refractivity (Wildman–Crippen MR) is 98.4 cm³/mol. The molecule has 4 aromatic rings. The zero-order valence-electron chi connectivity index (χ0n) is 13.2. The van der Waals surface area contributed by atoms with Gasteiger partial charge >= 0.3 is 5.97 Å². The fourth-order valence-electron chi connectivity index (χ4n) is 2.98. The lowest BCUT2D eigenvalue weighted by atomic mass is 10.0. The first-order chi connectivity index (χ1) is 12.4. The van der Waals surface area contributed by atoms with Gasteiger partial charge in [-0.3, -0.25) is 9.50 Å². The second kappa shape index (κ2) is 5.89. The van der Waals surface area contributed by atoms with E-state index < -0.39 is 11.8 Å². The van der Waals surface area contributed by atoms with Gasteiger partial charge in [0, 0.05) is 22.7 Å². The first-order valence-corrected chi connectivity index (χ1v) is 8.93. The molecule has 10 heteroatoms. The zero-order valence-corrected chi connectivity index (χ0v) is 14.8. The number of aromatic amines is 1. The third-order valence-corrected chi connectivity index (χ3v) is 5.23. The number of imidazole rings is 1. The molecule has 0 spiro atoms.